The first kappa shape index (κ1) is 10.9. The monoisotopic (exact) mass is 190 g/mol. The van der Waals surface area contributed by atoms with Gasteiger partial charge in [0.05, 0.1) is 0 Å². The predicted molar refractivity (Wildman–Crippen MR) is 60.1 cm³/mol. The maximum Gasteiger partial charge on any atom is 0.0417 e. The number of pyridine rings is 1. The molecule has 0 spiro atoms. The lowest BCUT2D eigenvalue weighted by Crippen LogP contribution is -2.15. The SMILES string of the molecule is C/C=C/CCNCc1cccnc1C. The van der Waals surface area contributed by atoms with E-state index < -0.39 is 0 Å². The molecule has 2 heteroatoms. The lowest BCUT2D eigenvalue weighted by molar-refractivity contribution is 0.690. The molecule has 0 fully saturated rings. The molecular weight excluding hydrogens is 172 g/mol. The van der Waals surface area contributed by atoms with E-state index in [4.69, 9.17) is 0 Å². The largest absolute Gasteiger partial charge is 0.312 e. The fraction of sp³-hybridized carbons (Fsp3) is 0.417. The number of hydrogen-bond donors (Lipinski definition) is 1. The first-order chi connectivity index (χ1) is 6.84. The van der Waals surface area contributed by atoms with Gasteiger partial charge in [-0.05, 0) is 38.4 Å². The van der Waals surface area contributed by atoms with Gasteiger partial charge in [0.15, 0.2) is 0 Å². The number of rotatable bonds is 5. The fourth-order valence-corrected chi connectivity index (χ4v) is 1.28. The Balaban J connectivity index is 2.28. The first-order valence-electron chi connectivity index (χ1n) is 5.07. The highest BCUT2D eigenvalue weighted by Gasteiger charge is 1.95. The number of nitrogens with zero attached hydrogens (tertiary/aromatic N) is 1. The minimum Gasteiger partial charge on any atom is -0.312 e. The van der Waals surface area contributed by atoms with Gasteiger partial charge in [-0.1, -0.05) is 18.2 Å². The molecule has 0 saturated carbocycles. The highest BCUT2D eigenvalue weighted by molar-refractivity contribution is 5.17. The zero-order chi connectivity index (χ0) is 10.2. The molecule has 0 amide bonds. The maximum atomic E-state index is 4.24. The second kappa shape index (κ2) is 6.33. The van der Waals surface area contributed by atoms with Crippen molar-refractivity contribution in [3.8, 4) is 0 Å². The van der Waals surface area contributed by atoms with Crippen LogP contribution in [-0.2, 0) is 6.54 Å². The van der Waals surface area contributed by atoms with Crippen molar-refractivity contribution in [3.05, 3.63) is 41.7 Å². The molecule has 0 unspecified atom stereocenters. The molecule has 2 nitrogen and oxygen atoms in total. The van der Waals surface area contributed by atoms with E-state index in [0.717, 1.165) is 25.2 Å². The lowest BCUT2D eigenvalue weighted by Gasteiger charge is -2.05. The third kappa shape index (κ3) is 3.71. The molecule has 1 aromatic rings. The smallest absolute Gasteiger partial charge is 0.0417 e. The molecule has 1 N–H and O–H groups in total. The van der Waals surface area contributed by atoms with E-state index in [1.165, 1.54) is 5.56 Å². The van der Waals surface area contributed by atoms with Crippen LogP contribution in [0.1, 0.15) is 24.6 Å². The van der Waals surface area contributed by atoms with Gasteiger partial charge in [-0.3, -0.25) is 4.98 Å². The van der Waals surface area contributed by atoms with Gasteiger partial charge in [0.1, 0.15) is 0 Å². The molecule has 0 aliphatic carbocycles. The van der Waals surface area contributed by atoms with Gasteiger partial charge in [-0.15, -0.1) is 0 Å². The van der Waals surface area contributed by atoms with E-state index >= 15 is 0 Å². The summed E-state index contributed by atoms with van der Waals surface area (Å²) < 4.78 is 0. The summed E-state index contributed by atoms with van der Waals surface area (Å²) in [5.74, 6) is 0. The molecule has 1 rings (SSSR count). The minimum atomic E-state index is 0.914. The van der Waals surface area contributed by atoms with Crippen molar-refractivity contribution in [3.63, 3.8) is 0 Å². The number of allylic oxidation sites excluding steroid dienone is 1. The van der Waals surface area contributed by atoms with Crippen LogP contribution in [-0.4, -0.2) is 11.5 Å². The second-order valence-corrected chi connectivity index (χ2v) is 3.28. The lowest BCUT2D eigenvalue weighted by atomic mass is 10.2. The highest BCUT2D eigenvalue weighted by Crippen LogP contribution is 2.02. The number of hydrogen-bond acceptors (Lipinski definition) is 2. The number of aryl methyl sites for hydroxylation is 1. The molecule has 0 saturated heterocycles. The average molecular weight is 190 g/mol. The van der Waals surface area contributed by atoms with Gasteiger partial charge in [0.2, 0.25) is 0 Å². The van der Waals surface area contributed by atoms with E-state index in [0.29, 0.717) is 0 Å². The van der Waals surface area contributed by atoms with E-state index in [9.17, 15) is 0 Å². The van der Waals surface area contributed by atoms with E-state index in [-0.39, 0.29) is 0 Å². The summed E-state index contributed by atoms with van der Waals surface area (Å²) in [7, 11) is 0. The molecule has 0 atom stereocenters. The quantitative estimate of drug-likeness (QED) is 0.570. The molecular formula is C12H18N2. The Morgan fingerprint density at radius 2 is 2.36 bits per heavy atom. The zero-order valence-electron chi connectivity index (χ0n) is 8.96. The van der Waals surface area contributed by atoms with E-state index in [1.54, 1.807) is 0 Å². The van der Waals surface area contributed by atoms with Crippen molar-refractivity contribution in [2.75, 3.05) is 6.54 Å². The van der Waals surface area contributed by atoms with Crippen LogP contribution in [0.3, 0.4) is 0 Å². The van der Waals surface area contributed by atoms with Gasteiger partial charge >= 0.3 is 0 Å². The molecule has 14 heavy (non-hydrogen) atoms. The summed E-state index contributed by atoms with van der Waals surface area (Å²) in [4.78, 5) is 4.24. The van der Waals surface area contributed by atoms with Gasteiger partial charge < -0.3 is 5.32 Å². The van der Waals surface area contributed by atoms with Crippen LogP contribution in [0, 0.1) is 6.92 Å². The summed E-state index contributed by atoms with van der Waals surface area (Å²) in [5.41, 5.74) is 2.40. The Labute approximate surface area is 86.1 Å². The van der Waals surface area contributed by atoms with Crippen molar-refractivity contribution in [1.82, 2.24) is 10.3 Å². The Morgan fingerprint density at radius 3 is 3.07 bits per heavy atom. The average Bonchev–Trinajstić information content (AvgIpc) is 2.20. The molecule has 0 aliphatic rings. The molecule has 1 heterocycles. The van der Waals surface area contributed by atoms with Crippen LogP contribution in [0.5, 0.6) is 0 Å². The van der Waals surface area contributed by atoms with Crippen LogP contribution in [0.2, 0.25) is 0 Å². The van der Waals surface area contributed by atoms with Crippen LogP contribution < -0.4 is 5.32 Å². The molecule has 0 aromatic carbocycles. The number of nitrogens with one attached hydrogen (secondary N) is 1. The van der Waals surface area contributed by atoms with Gasteiger partial charge in [0, 0.05) is 18.4 Å². The van der Waals surface area contributed by atoms with Gasteiger partial charge in [-0.2, -0.15) is 0 Å². The maximum absolute atomic E-state index is 4.24. The van der Waals surface area contributed by atoms with E-state index in [2.05, 4.69) is 28.5 Å². The van der Waals surface area contributed by atoms with Crippen LogP contribution in [0.4, 0.5) is 0 Å². The van der Waals surface area contributed by atoms with Crippen LogP contribution in [0.15, 0.2) is 30.5 Å². The summed E-state index contributed by atoms with van der Waals surface area (Å²) >= 11 is 0. The third-order valence-electron chi connectivity index (χ3n) is 2.16. The van der Waals surface area contributed by atoms with Crippen molar-refractivity contribution in [1.29, 1.82) is 0 Å². The Kier molecular flexibility index (Phi) is 4.94. The Bertz CT molecular complexity index is 292. The zero-order valence-corrected chi connectivity index (χ0v) is 8.96. The van der Waals surface area contributed by atoms with Gasteiger partial charge in [-0.25, -0.2) is 0 Å². The summed E-state index contributed by atoms with van der Waals surface area (Å²) in [6.45, 7) is 6.03. The highest BCUT2D eigenvalue weighted by atomic mass is 14.8. The van der Waals surface area contributed by atoms with Crippen molar-refractivity contribution >= 4 is 0 Å². The summed E-state index contributed by atoms with van der Waals surface area (Å²) in [5, 5.41) is 3.39. The van der Waals surface area contributed by atoms with E-state index in [1.807, 2.05) is 26.1 Å². The second-order valence-electron chi connectivity index (χ2n) is 3.28. The molecule has 76 valence electrons. The standard InChI is InChI=1S/C12H18N2/c1-3-4-5-8-13-10-12-7-6-9-14-11(12)2/h3-4,6-7,9,13H,5,8,10H2,1-2H3/b4-3+. The van der Waals surface area contributed by atoms with Crippen LogP contribution >= 0.6 is 0 Å². The van der Waals surface area contributed by atoms with Crippen LogP contribution in [0.25, 0.3) is 0 Å². The topological polar surface area (TPSA) is 24.9 Å². The molecule has 0 radical (unpaired) electrons. The Hall–Kier alpha value is -1.15. The molecule has 0 aliphatic heterocycles. The predicted octanol–water partition coefficient (Wildman–Crippen LogP) is 2.45. The van der Waals surface area contributed by atoms with Crippen molar-refractivity contribution < 1.29 is 0 Å². The summed E-state index contributed by atoms with van der Waals surface area (Å²) in [6, 6.07) is 4.10. The molecule has 1 aromatic heterocycles. The molecule has 0 bridgehead atoms. The van der Waals surface area contributed by atoms with Crippen molar-refractivity contribution in [2.24, 2.45) is 0 Å². The summed E-state index contributed by atoms with van der Waals surface area (Å²) in [6.07, 6.45) is 7.18. The van der Waals surface area contributed by atoms with Crippen molar-refractivity contribution in [2.45, 2.75) is 26.8 Å². The number of aromatic nitrogens is 1. The fourth-order valence-electron chi connectivity index (χ4n) is 1.28. The normalized spacial score (nSPS) is 11.0. The Morgan fingerprint density at radius 1 is 1.50 bits per heavy atom. The third-order valence-corrected chi connectivity index (χ3v) is 2.16. The minimum absolute atomic E-state index is 0.914. The van der Waals surface area contributed by atoms with Gasteiger partial charge in [0.25, 0.3) is 0 Å². The first-order valence-corrected chi connectivity index (χ1v) is 5.07.